The molecule has 9 heteroatoms. The average molecular weight is 1300 g/mol. The van der Waals surface area contributed by atoms with Crippen LogP contribution in [0.25, 0.3) is 0 Å². The molecule has 1 amide bonds. The Balaban J connectivity index is 2.12. The highest BCUT2D eigenvalue weighted by Gasteiger charge is 2.44. The first-order valence-corrected chi connectivity index (χ1v) is 39.3. The van der Waals surface area contributed by atoms with Gasteiger partial charge < -0.3 is 40.3 Å². The number of nitrogens with one attached hydrogen (secondary N) is 1. The molecule has 7 atom stereocenters. The smallest absolute Gasteiger partial charge is 0.220 e. The quantitative estimate of drug-likeness (QED) is 0.0261. The molecule has 0 bridgehead atoms. The molecular formula is C84H147NO8. The molecule has 6 N–H and O–H groups in total. The van der Waals surface area contributed by atoms with Crippen LogP contribution in [0.3, 0.4) is 0 Å². The maximum atomic E-state index is 13.2. The maximum Gasteiger partial charge on any atom is 0.220 e. The third kappa shape index (κ3) is 59.6. The first kappa shape index (κ1) is 87.6. The van der Waals surface area contributed by atoms with E-state index >= 15 is 0 Å². The van der Waals surface area contributed by atoms with E-state index in [9.17, 15) is 30.3 Å². The molecule has 0 aliphatic carbocycles. The minimum absolute atomic E-state index is 0.184. The summed E-state index contributed by atoms with van der Waals surface area (Å²) in [4.78, 5) is 13.2. The molecule has 0 radical (unpaired) electrons. The molecule has 1 rings (SSSR count). The van der Waals surface area contributed by atoms with Gasteiger partial charge >= 0.3 is 0 Å². The highest BCUT2D eigenvalue weighted by atomic mass is 16.7. The standard InChI is InChI=1S/C84H147NO8/c1-3-5-7-9-11-13-15-17-19-21-23-25-27-29-31-33-35-37-38-39-40-42-44-46-48-50-52-54-56-58-60-62-64-66-68-70-72-74-80(88)85-77(76-92-84-83(91)82(90)81(89)79(75-86)93-84)78(87)73-71-69-67-65-63-61-59-57-55-53-51-49-47-45-43-41-36-34-32-30-28-26-24-22-20-18-16-14-12-10-8-6-4-2/h5,7,11,13,17,19,23,25,29,31,35,37,39-40,44,46,50,52,71,73,77-79,81-84,86-87,89-91H,3-4,6,8-10,12,14-16,18,20-22,24,26-28,30,32-34,36,38,41-43,45,47-49,51,53-70,72,74-76H2,1-2H3,(H,85,88)/b7-5-,13-11-,19-17-,25-23-,31-29-,37-35-,40-39-,46-44-,52-50-,73-71+. The summed E-state index contributed by atoms with van der Waals surface area (Å²) >= 11 is 0. The monoisotopic (exact) mass is 1300 g/mol. The van der Waals surface area contributed by atoms with Crippen LogP contribution in [0.1, 0.15) is 348 Å². The summed E-state index contributed by atoms with van der Waals surface area (Å²) in [6.07, 6.45) is 100. The Morgan fingerprint density at radius 2 is 0.667 bits per heavy atom. The van der Waals surface area contributed by atoms with Gasteiger partial charge in [0.05, 0.1) is 25.4 Å². The van der Waals surface area contributed by atoms with Crippen molar-refractivity contribution in [1.29, 1.82) is 0 Å². The van der Waals surface area contributed by atoms with E-state index < -0.39 is 49.5 Å². The van der Waals surface area contributed by atoms with Gasteiger partial charge in [-0.15, -0.1) is 0 Å². The number of aliphatic hydroxyl groups is 5. The Morgan fingerprint density at radius 3 is 0.989 bits per heavy atom. The lowest BCUT2D eigenvalue weighted by Gasteiger charge is -2.40. The van der Waals surface area contributed by atoms with Crippen molar-refractivity contribution < 1.29 is 39.8 Å². The van der Waals surface area contributed by atoms with Crippen LogP contribution in [0.15, 0.2) is 122 Å². The number of carbonyl (C=O) groups is 1. The van der Waals surface area contributed by atoms with E-state index in [0.29, 0.717) is 6.42 Å². The number of hydrogen-bond acceptors (Lipinski definition) is 8. The van der Waals surface area contributed by atoms with Crippen LogP contribution in [-0.4, -0.2) is 87.5 Å². The summed E-state index contributed by atoms with van der Waals surface area (Å²) in [6.45, 7) is 3.70. The normalized spacial score (nSPS) is 18.3. The van der Waals surface area contributed by atoms with E-state index in [2.05, 4.69) is 129 Å². The summed E-state index contributed by atoms with van der Waals surface area (Å²) in [5.74, 6) is -0.184. The van der Waals surface area contributed by atoms with Gasteiger partial charge in [-0.05, 0) is 89.9 Å². The Morgan fingerprint density at radius 1 is 0.376 bits per heavy atom. The largest absolute Gasteiger partial charge is 0.394 e. The van der Waals surface area contributed by atoms with Crippen molar-refractivity contribution in [2.24, 2.45) is 0 Å². The molecular weight excluding hydrogens is 1150 g/mol. The van der Waals surface area contributed by atoms with Crippen molar-refractivity contribution >= 4 is 5.91 Å². The van der Waals surface area contributed by atoms with Crippen LogP contribution in [-0.2, 0) is 14.3 Å². The zero-order chi connectivity index (χ0) is 67.1. The van der Waals surface area contributed by atoms with E-state index in [1.54, 1.807) is 6.08 Å². The van der Waals surface area contributed by atoms with Crippen LogP contribution < -0.4 is 5.32 Å². The van der Waals surface area contributed by atoms with Crippen molar-refractivity contribution in [2.75, 3.05) is 13.2 Å². The van der Waals surface area contributed by atoms with Gasteiger partial charge in [0.25, 0.3) is 0 Å². The molecule has 1 fully saturated rings. The van der Waals surface area contributed by atoms with E-state index in [4.69, 9.17) is 9.47 Å². The molecule has 0 aromatic rings. The highest BCUT2D eigenvalue weighted by molar-refractivity contribution is 5.76. The summed E-state index contributed by atoms with van der Waals surface area (Å²) in [5.41, 5.74) is 0. The number of aliphatic hydroxyl groups excluding tert-OH is 5. The summed E-state index contributed by atoms with van der Waals surface area (Å²) in [7, 11) is 0. The molecule has 1 saturated heterocycles. The SMILES string of the molecule is CC/C=C\C/C=C\C/C=C\C/C=C\C/C=C\C/C=C\C/C=C\C/C=C\C/C=C\CCCCCCCCCCCC(=O)NC(COC1OC(CO)C(O)C(O)C1O)C(O)/C=C/CCCCCCCCCCCCCCCCCCCCCCCCCCCCCCCCC. The van der Waals surface area contributed by atoms with E-state index in [1.807, 2.05) is 6.08 Å². The Hall–Kier alpha value is -3.41. The second kappa shape index (κ2) is 71.4. The van der Waals surface area contributed by atoms with Crippen molar-refractivity contribution in [1.82, 2.24) is 5.32 Å². The van der Waals surface area contributed by atoms with Gasteiger partial charge in [0, 0.05) is 6.42 Å². The van der Waals surface area contributed by atoms with Gasteiger partial charge in [0.2, 0.25) is 5.91 Å². The van der Waals surface area contributed by atoms with Gasteiger partial charge in [-0.3, -0.25) is 4.79 Å². The number of hydrogen-bond donors (Lipinski definition) is 6. The van der Waals surface area contributed by atoms with E-state index in [-0.39, 0.29) is 12.5 Å². The minimum Gasteiger partial charge on any atom is -0.394 e. The van der Waals surface area contributed by atoms with E-state index in [1.165, 1.54) is 218 Å². The zero-order valence-corrected chi connectivity index (χ0v) is 60.2. The van der Waals surface area contributed by atoms with Crippen molar-refractivity contribution in [3.05, 3.63) is 122 Å². The lowest BCUT2D eigenvalue weighted by atomic mass is 9.99. The molecule has 536 valence electrons. The molecule has 0 aromatic carbocycles. The number of amides is 1. The molecule has 1 aliphatic rings. The lowest BCUT2D eigenvalue weighted by molar-refractivity contribution is -0.302. The number of carbonyl (C=O) groups excluding carboxylic acids is 1. The van der Waals surface area contributed by atoms with Crippen LogP contribution in [0, 0.1) is 0 Å². The molecule has 9 nitrogen and oxygen atoms in total. The zero-order valence-electron chi connectivity index (χ0n) is 60.2. The van der Waals surface area contributed by atoms with Crippen LogP contribution >= 0.6 is 0 Å². The Labute approximate surface area is 573 Å². The first-order chi connectivity index (χ1) is 45.8. The highest BCUT2D eigenvalue weighted by Crippen LogP contribution is 2.23. The predicted octanol–water partition coefficient (Wildman–Crippen LogP) is 22.5. The second-order valence-corrected chi connectivity index (χ2v) is 26.8. The van der Waals surface area contributed by atoms with Gasteiger partial charge in [0.15, 0.2) is 6.29 Å². The first-order valence-electron chi connectivity index (χ1n) is 39.3. The Bertz CT molecular complexity index is 1890. The summed E-state index contributed by atoms with van der Waals surface area (Å²) in [6, 6.07) is -0.819. The number of rotatable bonds is 68. The molecule has 0 aromatic heterocycles. The van der Waals surface area contributed by atoms with Crippen LogP contribution in [0.5, 0.6) is 0 Å². The molecule has 0 spiro atoms. The Kier molecular flexibility index (Phi) is 67.2. The molecule has 1 aliphatic heterocycles. The molecule has 93 heavy (non-hydrogen) atoms. The molecule has 1 heterocycles. The maximum absolute atomic E-state index is 13.2. The van der Waals surface area contributed by atoms with Crippen molar-refractivity contribution in [2.45, 2.75) is 391 Å². The predicted molar refractivity (Wildman–Crippen MR) is 400 cm³/mol. The number of allylic oxidation sites excluding steroid dienone is 19. The average Bonchev–Trinajstić information content (AvgIpc) is 1.01. The van der Waals surface area contributed by atoms with E-state index in [0.717, 1.165) is 109 Å². The topological polar surface area (TPSA) is 149 Å². The second-order valence-electron chi connectivity index (χ2n) is 26.8. The number of unbranched alkanes of at least 4 members (excludes halogenated alkanes) is 40. The van der Waals surface area contributed by atoms with Crippen LogP contribution in [0.2, 0.25) is 0 Å². The fourth-order valence-electron chi connectivity index (χ4n) is 12.0. The van der Waals surface area contributed by atoms with Crippen molar-refractivity contribution in [3.63, 3.8) is 0 Å². The van der Waals surface area contributed by atoms with Crippen LogP contribution in [0.4, 0.5) is 0 Å². The van der Waals surface area contributed by atoms with Gasteiger partial charge in [0.1, 0.15) is 24.4 Å². The number of ether oxygens (including phenoxy) is 2. The summed E-state index contributed by atoms with van der Waals surface area (Å²) < 4.78 is 11.3. The fraction of sp³-hybridized carbons (Fsp3) is 0.750. The summed E-state index contributed by atoms with van der Waals surface area (Å²) in [5, 5.41) is 54.9. The van der Waals surface area contributed by atoms with Gasteiger partial charge in [-0.25, -0.2) is 0 Å². The fourth-order valence-corrected chi connectivity index (χ4v) is 12.0. The third-order valence-electron chi connectivity index (χ3n) is 18.0. The molecule has 7 unspecified atom stereocenters. The lowest BCUT2D eigenvalue weighted by Crippen LogP contribution is -2.60. The van der Waals surface area contributed by atoms with Crippen molar-refractivity contribution in [3.8, 4) is 0 Å². The van der Waals surface area contributed by atoms with Gasteiger partial charge in [-0.1, -0.05) is 373 Å². The molecule has 0 saturated carbocycles. The minimum atomic E-state index is -1.58. The third-order valence-corrected chi connectivity index (χ3v) is 18.0. The van der Waals surface area contributed by atoms with Gasteiger partial charge in [-0.2, -0.15) is 0 Å².